The van der Waals surface area contributed by atoms with E-state index in [0.717, 1.165) is 26.7 Å². The van der Waals surface area contributed by atoms with Crippen molar-refractivity contribution in [2.75, 3.05) is 31.1 Å². The first kappa shape index (κ1) is 22.0. The van der Waals surface area contributed by atoms with Gasteiger partial charge in [-0.05, 0) is 43.2 Å². The predicted octanol–water partition coefficient (Wildman–Crippen LogP) is 3.98. The summed E-state index contributed by atoms with van der Waals surface area (Å²) in [6, 6.07) is 7.58. The average molecular weight is 516 g/mol. The third-order valence-electron chi connectivity index (χ3n) is 5.67. The van der Waals surface area contributed by atoms with Crippen molar-refractivity contribution in [1.29, 1.82) is 0 Å². The van der Waals surface area contributed by atoms with E-state index in [9.17, 15) is 17.6 Å². The molecular formula is C20H19ClFN3O4S3. The molecule has 0 spiro atoms. The quantitative estimate of drug-likeness (QED) is 0.478. The zero-order valence-corrected chi connectivity index (χ0v) is 19.9. The minimum Gasteiger partial charge on any atom is -0.458 e. The number of fused-ring (bicyclic) bond motifs is 1. The molecule has 0 bridgehead atoms. The lowest BCUT2D eigenvalue weighted by Crippen LogP contribution is -2.54. The van der Waals surface area contributed by atoms with Gasteiger partial charge in [-0.1, -0.05) is 22.9 Å². The van der Waals surface area contributed by atoms with Crippen molar-refractivity contribution in [1.82, 2.24) is 9.29 Å². The number of carbonyl (C=O) groups excluding carboxylic acids is 1. The van der Waals surface area contributed by atoms with Gasteiger partial charge < -0.3 is 9.64 Å². The van der Waals surface area contributed by atoms with Gasteiger partial charge in [0.2, 0.25) is 0 Å². The first-order chi connectivity index (χ1) is 15.3. The summed E-state index contributed by atoms with van der Waals surface area (Å²) in [7, 11) is -3.58. The fourth-order valence-corrected chi connectivity index (χ4v) is 7.96. The van der Waals surface area contributed by atoms with Crippen molar-refractivity contribution in [3.8, 4) is 0 Å². The Morgan fingerprint density at radius 1 is 1.16 bits per heavy atom. The van der Waals surface area contributed by atoms with Crippen LogP contribution in [0.2, 0.25) is 4.34 Å². The summed E-state index contributed by atoms with van der Waals surface area (Å²) in [6.45, 7) is 1.63. The highest BCUT2D eigenvalue weighted by Crippen LogP contribution is 2.34. The lowest BCUT2D eigenvalue weighted by Gasteiger charge is -2.39. The zero-order valence-electron chi connectivity index (χ0n) is 16.7. The number of hydrogen-bond acceptors (Lipinski definition) is 8. The number of carbonyl (C=O) groups is 1. The summed E-state index contributed by atoms with van der Waals surface area (Å²) >= 11 is 8.31. The van der Waals surface area contributed by atoms with Gasteiger partial charge in [0.05, 0.1) is 33.6 Å². The van der Waals surface area contributed by atoms with Crippen LogP contribution in [0.15, 0.2) is 34.5 Å². The molecular weight excluding hydrogens is 497 g/mol. The number of thiophene rings is 1. The third-order valence-corrected chi connectivity index (χ3v) is 10.3. The van der Waals surface area contributed by atoms with Crippen LogP contribution in [-0.4, -0.2) is 56.0 Å². The molecule has 0 amide bonds. The van der Waals surface area contributed by atoms with Crippen molar-refractivity contribution in [3.63, 3.8) is 0 Å². The number of halogens is 2. The molecule has 2 fully saturated rings. The number of ether oxygens (including phenoxy) is 1. The van der Waals surface area contributed by atoms with Crippen molar-refractivity contribution >= 4 is 65.6 Å². The zero-order chi connectivity index (χ0) is 22.5. The lowest BCUT2D eigenvalue weighted by molar-refractivity contribution is -0.156. The fourth-order valence-electron chi connectivity index (χ4n) is 3.85. The molecule has 1 aromatic carbocycles. The fraction of sp³-hybridized carbons (Fsp3) is 0.400. The molecule has 4 heterocycles. The maximum atomic E-state index is 13.4. The lowest BCUT2D eigenvalue weighted by atomic mass is 9.98. The molecule has 7 nitrogen and oxygen atoms in total. The Hall–Kier alpha value is -1.79. The van der Waals surface area contributed by atoms with E-state index < -0.39 is 10.0 Å². The second kappa shape index (κ2) is 8.53. The first-order valence-corrected chi connectivity index (χ1v) is 13.5. The van der Waals surface area contributed by atoms with Crippen LogP contribution in [0, 0.1) is 11.7 Å². The summed E-state index contributed by atoms with van der Waals surface area (Å²) in [6.07, 6.45) is 0.634. The van der Waals surface area contributed by atoms with Crippen molar-refractivity contribution in [2.24, 2.45) is 5.92 Å². The largest absolute Gasteiger partial charge is 0.458 e. The van der Waals surface area contributed by atoms with Crippen LogP contribution in [0.1, 0.15) is 12.8 Å². The highest BCUT2D eigenvalue weighted by atomic mass is 35.5. The second-order valence-electron chi connectivity index (χ2n) is 7.81. The minimum absolute atomic E-state index is 0.218. The van der Waals surface area contributed by atoms with Crippen LogP contribution in [0.5, 0.6) is 0 Å². The van der Waals surface area contributed by atoms with E-state index in [-0.39, 0.29) is 41.1 Å². The van der Waals surface area contributed by atoms with Crippen molar-refractivity contribution in [2.45, 2.75) is 23.2 Å². The molecule has 3 aromatic rings. The number of nitrogens with zero attached hydrogens (tertiary/aromatic N) is 3. The predicted molar refractivity (Wildman–Crippen MR) is 122 cm³/mol. The monoisotopic (exact) mass is 515 g/mol. The number of hydrogen-bond donors (Lipinski definition) is 0. The van der Waals surface area contributed by atoms with Crippen LogP contribution in [0.25, 0.3) is 10.2 Å². The van der Waals surface area contributed by atoms with E-state index in [1.165, 1.54) is 33.8 Å². The summed E-state index contributed by atoms with van der Waals surface area (Å²) in [4.78, 5) is 19.1. The number of anilines is 1. The maximum Gasteiger partial charge on any atom is 0.309 e. The molecule has 12 heteroatoms. The van der Waals surface area contributed by atoms with Gasteiger partial charge in [-0.25, -0.2) is 17.8 Å². The Morgan fingerprint density at radius 3 is 2.59 bits per heavy atom. The van der Waals surface area contributed by atoms with Gasteiger partial charge in [-0.2, -0.15) is 4.31 Å². The second-order valence-corrected chi connectivity index (χ2v) is 12.7. The standard InChI is InChI=1S/C20H19ClFN3O4S3/c21-17-3-4-18(31-17)32(27,28)25-7-5-12(6-8-25)19(26)29-14-10-24(11-14)20-23-15-2-1-13(22)9-16(15)30-20/h1-4,9,12,14H,5-8,10-11H2. The molecule has 0 saturated carbocycles. The molecule has 170 valence electrons. The molecule has 2 saturated heterocycles. The molecule has 32 heavy (non-hydrogen) atoms. The number of benzene rings is 1. The molecule has 5 rings (SSSR count). The summed E-state index contributed by atoms with van der Waals surface area (Å²) in [5.74, 6) is -0.883. The SMILES string of the molecule is O=C(OC1CN(c2nc3ccc(F)cc3s2)C1)C1CCN(S(=O)(=O)c2ccc(Cl)s2)CC1. The Balaban J connectivity index is 1.12. The number of sulfonamides is 1. The van der Waals surface area contributed by atoms with E-state index in [1.807, 2.05) is 4.90 Å². The Kier molecular flexibility index (Phi) is 5.87. The highest BCUT2D eigenvalue weighted by molar-refractivity contribution is 7.91. The normalized spacial score (nSPS) is 18.8. The summed E-state index contributed by atoms with van der Waals surface area (Å²) in [5.41, 5.74) is 0.748. The van der Waals surface area contributed by atoms with E-state index in [0.29, 0.717) is 30.3 Å². The molecule has 2 aliphatic heterocycles. The van der Waals surface area contributed by atoms with Gasteiger partial charge in [-0.15, -0.1) is 11.3 Å². The maximum absolute atomic E-state index is 13.4. The van der Waals surface area contributed by atoms with E-state index in [2.05, 4.69) is 4.98 Å². The molecule has 0 atom stereocenters. The number of thiazole rings is 1. The molecule has 2 aliphatic rings. The molecule has 0 unspecified atom stereocenters. The average Bonchev–Trinajstić information content (AvgIpc) is 3.36. The summed E-state index contributed by atoms with van der Waals surface area (Å²) in [5, 5.41) is 0.782. The molecule has 0 aliphatic carbocycles. The smallest absolute Gasteiger partial charge is 0.309 e. The van der Waals surface area contributed by atoms with Gasteiger partial charge in [0, 0.05) is 13.1 Å². The first-order valence-electron chi connectivity index (χ1n) is 10.1. The number of piperidine rings is 1. The van der Waals surface area contributed by atoms with Crippen LogP contribution < -0.4 is 4.90 Å². The van der Waals surface area contributed by atoms with Crippen molar-refractivity contribution < 1.29 is 22.3 Å². The topological polar surface area (TPSA) is 79.8 Å². The number of aromatic nitrogens is 1. The van der Waals surface area contributed by atoms with Crippen LogP contribution in [0.4, 0.5) is 9.52 Å². The van der Waals surface area contributed by atoms with E-state index >= 15 is 0 Å². The number of esters is 1. The van der Waals surface area contributed by atoms with Gasteiger partial charge in [0.25, 0.3) is 10.0 Å². The molecule has 0 radical (unpaired) electrons. The minimum atomic E-state index is -3.58. The van der Waals surface area contributed by atoms with E-state index in [4.69, 9.17) is 16.3 Å². The molecule has 0 N–H and O–H groups in total. The molecule has 2 aromatic heterocycles. The summed E-state index contributed by atoms with van der Waals surface area (Å²) < 4.78 is 47.2. The van der Waals surface area contributed by atoms with Crippen LogP contribution in [0.3, 0.4) is 0 Å². The Morgan fingerprint density at radius 2 is 1.91 bits per heavy atom. The Bertz CT molecular complexity index is 1260. The number of rotatable bonds is 5. The van der Waals surface area contributed by atoms with Crippen LogP contribution >= 0.6 is 34.3 Å². The third kappa shape index (κ3) is 4.24. The van der Waals surface area contributed by atoms with Gasteiger partial charge in [0.1, 0.15) is 16.1 Å². The van der Waals surface area contributed by atoms with Crippen LogP contribution in [-0.2, 0) is 19.6 Å². The van der Waals surface area contributed by atoms with Crippen molar-refractivity contribution in [3.05, 3.63) is 40.5 Å². The Labute approximate surface area is 197 Å². The van der Waals surface area contributed by atoms with E-state index in [1.54, 1.807) is 12.1 Å². The highest BCUT2D eigenvalue weighted by Gasteiger charge is 2.37. The van der Waals surface area contributed by atoms with Gasteiger partial charge >= 0.3 is 5.97 Å². The van der Waals surface area contributed by atoms with Gasteiger partial charge in [-0.3, -0.25) is 4.79 Å². The van der Waals surface area contributed by atoms with Gasteiger partial charge in [0.15, 0.2) is 5.13 Å².